The van der Waals surface area contributed by atoms with Crippen molar-refractivity contribution in [1.29, 1.82) is 0 Å². The average Bonchev–Trinajstić information content (AvgIpc) is 2.99. The molecule has 2 aromatic rings. The highest BCUT2D eigenvalue weighted by Gasteiger charge is 2.39. The van der Waals surface area contributed by atoms with Crippen molar-refractivity contribution in [2.24, 2.45) is 5.92 Å². The highest BCUT2D eigenvalue weighted by Crippen LogP contribution is 2.38. The van der Waals surface area contributed by atoms with Crippen LogP contribution in [0.4, 0.5) is 5.95 Å². The summed E-state index contributed by atoms with van der Waals surface area (Å²) in [6, 6.07) is 0. The van der Waals surface area contributed by atoms with Gasteiger partial charge >= 0.3 is 10.8 Å². The number of nitrogen functional groups attached to an aromatic ring is 1. The fourth-order valence-corrected chi connectivity index (χ4v) is 3.60. The number of hydrogen-bond donors (Lipinski definition) is 4. The Hall–Kier alpha value is -2.24. The van der Waals surface area contributed by atoms with Gasteiger partial charge in [0.15, 0.2) is 5.65 Å². The van der Waals surface area contributed by atoms with Crippen molar-refractivity contribution in [3.05, 3.63) is 9.67 Å². The number of carboxylic acid groups (broad SMARTS) is 1. The van der Waals surface area contributed by atoms with Crippen molar-refractivity contribution >= 4 is 33.6 Å². The molecule has 10 nitrogen and oxygen atoms in total. The molecule has 1 aliphatic heterocycles. The fourth-order valence-electron chi connectivity index (χ4n) is 2.76. The SMILES string of the molecule is Nc1nc(O)c2sc(=O)n(C3OC(CO)CC3CC(=O)O)c2n1. The maximum Gasteiger partial charge on any atom is 0.311 e. The van der Waals surface area contributed by atoms with E-state index in [1.807, 2.05) is 0 Å². The number of rotatable bonds is 4. The number of fused-ring (bicyclic) bond motifs is 1. The van der Waals surface area contributed by atoms with E-state index in [1.165, 1.54) is 4.57 Å². The van der Waals surface area contributed by atoms with E-state index in [1.54, 1.807) is 0 Å². The first-order valence-corrected chi connectivity index (χ1v) is 7.58. The third kappa shape index (κ3) is 2.73. The number of thiazole rings is 1. The van der Waals surface area contributed by atoms with Crippen LogP contribution in [-0.2, 0) is 9.53 Å². The van der Waals surface area contributed by atoms with Crippen molar-refractivity contribution < 1.29 is 24.9 Å². The molecular formula is C12H14N4O6S. The minimum absolute atomic E-state index is 0.0870. The Morgan fingerprint density at radius 1 is 1.48 bits per heavy atom. The molecule has 11 heteroatoms. The Kier molecular flexibility index (Phi) is 3.92. The van der Waals surface area contributed by atoms with Crippen LogP contribution >= 0.6 is 11.3 Å². The second-order valence-corrected chi connectivity index (χ2v) is 6.18. The molecule has 3 atom stereocenters. The zero-order valence-corrected chi connectivity index (χ0v) is 12.6. The Balaban J connectivity index is 2.12. The lowest BCUT2D eigenvalue weighted by atomic mass is 9.99. The lowest BCUT2D eigenvalue weighted by molar-refractivity contribution is -0.139. The summed E-state index contributed by atoms with van der Waals surface area (Å²) < 4.78 is 6.93. The summed E-state index contributed by atoms with van der Waals surface area (Å²) in [7, 11) is 0. The zero-order valence-electron chi connectivity index (χ0n) is 11.7. The quantitative estimate of drug-likeness (QED) is 0.574. The van der Waals surface area contributed by atoms with E-state index in [-0.39, 0.29) is 29.3 Å². The smallest absolute Gasteiger partial charge is 0.311 e. The van der Waals surface area contributed by atoms with E-state index in [4.69, 9.17) is 15.6 Å². The highest BCUT2D eigenvalue weighted by molar-refractivity contribution is 7.16. The lowest BCUT2D eigenvalue weighted by Gasteiger charge is -2.18. The summed E-state index contributed by atoms with van der Waals surface area (Å²) in [5.41, 5.74) is 5.59. The first-order chi connectivity index (χ1) is 10.9. The molecule has 0 aromatic carbocycles. The van der Waals surface area contributed by atoms with E-state index in [0.29, 0.717) is 6.42 Å². The summed E-state index contributed by atoms with van der Waals surface area (Å²) >= 11 is 0.718. The molecule has 2 aromatic heterocycles. The Labute approximate surface area is 132 Å². The number of carboxylic acids is 1. The zero-order chi connectivity index (χ0) is 16.7. The van der Waals surface area contributed by atoms with Gasteiger partial charge in [-0.05, 0) is 6.42 Å². The fraction of sp³-hybridized carbons (Fsp3) is 0.500. The van der Waals surface area contributed by atoms with Crippen molar-refractivity contribution in [3.63, 3.8) is 0 Å². The van der Waals surface area contributed by atoms with Crippen LogP contribution in [0.3, 0.4) is 0 Å². The highest BCUT2D eigenvalue weighted by atomic mass is 32.1. The standard InChI is InChI=1S/C12H14N4O6S/c13-11-14-8-7(9(20)15-11)23-12(21)16(8)10-4(2-6(18)19)1-5(3-17)22-10/h4-5,10,17H,1-3H2,(H,18,19)(H3,13,14,15,20). The topological polar surface area (TPSA) is 161 Å². The summed E-state index contributed by atoms with van der Waals surface area (Å²) in [5, 5.41) is 28.1. The van der Waals surface area contributed by atoms with Gasteiger partial charge in [-0.3, -0.25) is 14.2 Å². The minimum Gasteiger partial charge on any atom is -0.492 e. The normalized spacial score (nSPS) is 24.3. The molecule has 0 aliphatic carbocycles. The van der Waals surface area contributed by atoms with Crippen LogP contribution in [0.15, 0.2) is 4.79 Å². The van der Waals surface area contributed by atoms with Gasteiger partial charge in [0.2, 0.25) is 11.8 Å². The van der Waals surface area contributed by atoms with E-state index in [9.17, 15) is 19.8 Å². The Morgan fingerprint density at radius 2 is 2.22 bits per heavy atom. The molecule has 23 heavy (non-hydrogen) atoms. The number of aliphatic hydroxyl groups is 1. The number of aromatic hydroxyl groups is 1. The van der Waals surface area contributed by atoms with E-state index >= 15 is 0 Å². The van der Waals surface area contributed by atoms with Crippen molar-refractivity contribution in [3.8, 4) is 5.88 Å². The Bertz CT molecular complexity index is 818. The van der Waals surface area contributed by atoms with Crippen LogP contribution in [0.5, 0.6) is 5.88 Å². The molecule has 0 amide bonds. The van der Waals surface area contributed by atoms with Crippen LogP contribution in [0, 0.1) is 5.92 Å². The third-order valence-electron chi connectivity index (χ3n) is 3.66. The van der Waals surface area contributed by atoms with E-state index < -0.39 is 35.0 Å². The maximum atomic E-state index is 12.3. The van der Waals surface area contributed by atoms with Gasteiger partial charge in [0.1, 0.15) is 10.9 Å². The van der Waals surface area contributed by atoms with Crippen LogP contribution in [0.1, 0.15) is 19.1 Å². The number of ether oxygens (including phenoxy) is 1. The second-order valence-electron chi connectivity index (χ2n) is 5.22. The molecule has 3 unspecified atom stereocenters. The van der Waals surface area contributed by atoms with Crippen molar-refractivity contribution in [2.75, 3.05) is 12.3 Å². The summed E-state index contributed by atoms with van der Waals surface area (Å²) in [6.45, 7) is -0.286. The first kappa shape index (κ1) is 15.6. The van der Waals surface area contributed by atoms with Gasteiger partial charge in [0.25, 0.3) is 0 Å². The Morgan fingerprint density at radius 3 is 2.87 bits per heavy atom. The van der Waals surface area contributed by atoms with Crippen LogP contribution < -0.4 is 10.6 Å². The monoisotopic (exact) mass is 342 g/mol. The third-order valence-corrected chi connectivity index (χ3v) is 4.60. The maximum absolute atomic E-state index is 12.3. The molecule has 0 saturated carbocycles. The molecule has 1 saturated heterocycles. The van der Waals surface area contributed by atoms with Gasteiger partial charge in [-0.2, -0.15) is 9.97 Å². The molecule has 0 bridgehead atoms. The van der Waals surface area contributed by atoms with Crippen LogP contribution in [-0.4, -0.2) is 48.5 Å². The molecule has 0 spiro atoms. The molecule has 3 heterocycles. The largest absolute Gasteiger partial charge is 0.492 e. The molecule has 3 rings (SSSR count). The van der Waals surface area contributed by atoms with Gasteiger partial charge in [0, 0.05) is 5.92 Å². The van der Waals surface area contributed by atoms with Gasteiger partial charge in [-0.25, -0.2) is 0 Å². The van der Waals surface area contributed by atoms with E-state index in [0.717, 1.165) is 11.3 Å². The average molecular weight is 342 g/mol. The number of hydrogen-bond acceptors (Lipinski definition) is 9. The second kappa shape index (κ2) is 5.76. The number of carbonyl (C=O) groups is 1. The lowest BCUT2D eigenvalue weighted by Crippen LogP contribution is -2.26. The van der Waals surface area contributed by atoms with Crippen LogP contribution in [0.2, 0.25) is 0 Å². The number of aliphatic carboxylic acids is 1. The van der Waals surface area contributed by atoms with Gasteiger partial charge in [-0.1, -0.05) is 11.3 Å². The van der Waals surface area contributed by atoms with Crippen molar-refractivity contribution in [2.45, 2.75) is 25.2 Å². The van der Waals surface area contributed by atoms with Crippen molar-refractivity contribution in [1.82, 2.24) is 14.5 Å². The number of aliphatic hydroxyl groups excluding tert-OH is 1. The summed E-state index contributed by atoms with van der Waals surface area (Å²) in [4.78, 5) is 30.4. The molecule has 0 radical (unpaired) electrons. The van der Waals surface area contributed by atoms with Gasteiger partial charge in [-0.15, -0.1) is 0 Å². The molecule has 1 aliphatic rings. The summed E-state index contributed by atoms with van der Waals surface area (Å²) in [6.07, 6.45) is -1.40. The van der Waals surface area contributed by atoms with Crippen LogP contribution in [0.25, 0.3) is 10.3 Å². The van der Waals surface area contributed by atoms with Gasteiger partial charge < -0.3 is 25.8 Å². The van der Waals surface area contributed by atoms with Gasteiger partial charge in [0.05, 0.1) is 19.1 Å². The first-order valence-electron chi connectivity index (χ1n) is 6.76. The number of anilines is 1. The number of nitrogens with two attached hydrogens (primary N) is 1. The number of aromatic nitrogens is 3. The molecule has 5 N–H and O–H groups in total. The van der Waals surface area contributed by atoms with E-state index in [2.05, 4.69) is 9.97 Å². The molecular weight excluding hydrogens is 328 g/mol. The molecule has 1 fully saturated rings. The molecule has 124 valence electrons. The predicted octanol–water partition coefficient (Wildman–Crippen LogP) is -0.489. The minimum atomic E-state index is -1.04. The predicted molar refractivity (Wildman–Crippen MR) is 79.1 cm³/mol. The summed E-state index contributed by atoms with van der Waals surface area (Å²) in [5.74, 6) is -2.18. The number of nitrogens with zero attached hydrogens (tertiary/aromatic N) is 3.